The van der Waals surface area contributed by atoms with Gasteiger partial charge < -0.3 is 14.9 Å². The summed E-state index contributed by atoms with van der Waals surface area (Å²) in [6.07, 6.45) is 1.22. The maximum absolute atomic E-state index is 12.1. The van der Waals surface area contributed by atoms with Crippen LogP contribution in [0.2, 0.25) is 0 Å². The Labute approximate surface area is 116 Å². The summed E-state index contributed by atoms with van der Waals surface area (Å²) >= 11 is 0. The van der Waals surface area contributed by atoms with Gasteiger partial charge in [0.05, 0.1) is 11.0 Å². The summed E-state index contributed by atoms with van der Waals surface area (Å²) in [5, 5.41) is 18.2. The zero-order valence-corrected chi connectivity index (χ0v) is 11.6. The van der Waals surface area contributed by atoms with Crippen LogP contribution in [0.1, 0.15) is 23.2 Å². The van der Waals surface area contributed by atoms with E-state index in [4.69, 9.17) is 9.84 Å². The fraction of sp³-hybridized carbons (Fsp3) is 0.417. The Morgan fingerprint density at radius 3 is 2.60 bits per heavy atom. The van der Waals surface area contributed by atoms with Gasteiger partial charge in [0.15, 0.2) is 0 Å². The third kappa shape index (κ3) is 2.92. The zero-order chi connectivity index (χ0) is 14.9. The molecule has 0 spiro atoms. The summed E-state index contributed by atoms with van der Waals surface area (Å²) in [7, 11) is -2.24. The summed E-state index contributed by atoms with van der Waals surface area (Å²) in [5.74, 6) is -1.86. The van der Waals surface area contributed by atoms with Gasteiger partial charge >= 0.3 is 5.97 Å². The fourth-order valence-corrected chi connectivity index (χ4v) is 3.28. The van der Waals surface area contributed by atoms with E-state index in [0.717, 1.165) is 18.2 Å². The topological polar surface area (TPSA) is 113 Å². The molecule has 1 aliphatic rings. The first kappa shape index (κ1) is 14.8. The Bertz CT molecular complexity index is 621. The van der Waals surface area contributed by atoms with Gasteiger partial charge in [0.2, 0.25) is 10.0 Å². The number of aromatic hydroxyl groups is 1. The number of methoxy groups -OCH3 is 1. The SMILES string of the molecule is COC1CC(NS(=O)(=O)c2ccc(O)c(C(=O)O)c2)C1. The Kier molecular flexibility index (Phi) is 3.98. The molecule has 1 aliphatic carbocycles. The van der Waals surface area contributed by atoms with Crippen LogP contribution < -0.4 is 4.72 Å². The normalized spacial score (nSPS) is 22.2. The van der Waals surface area contributed by atoms with E-state index >= 15 is 0 Å². The summed E-state index contributed by atoms with van der Waals surface area (Å²) in [6.45, 7) is 0. The number of hydrogen-bond acceptors (Lipinski definition) is 5. The van der Waals surface area contributed by atoms with E-state index in [1.807, 2.05) is 0 Å². The number of carboxylic acids is 1. The Morgan fingerprint density at radius 2 is 2.05 bits per heavy atom. The minimum Gasteiger partial charge on any atom is -0.507 e. The van der Waals surface area contributed by atoms with Gasteiger partial charge in [-0.15, -0.1) is 0 Å². The minimum atomic E-state index is -3.80. The number of carboxylic acid groups (broad SMARTS) is 1. The molecule has 0 bridgehead atoms. The first-order valence-corrected chi connectivity index (χ1v) is 7.43. The van der Waals surface area contributed by atoms with E-state index in [1.54, 1.807) is 7.11 Å². The molecule has 2 rings (SSSR count). The van der Waals surface area contributed by atoms with E-state index in [1.165, 1.54) is 0 Å². The Morgan fingerprint density at radius 1 is 1.40 bits per heavy atom. The number of benzene rings is 1. The molecule has 0 radical (unpaired) electrons. The Balaban J connectivity index is 2.18. The highest BCUT2D eigenvalue weighted by atomic mass is 32.2. The van der Waals surface area contributed by atoms with Crippen molar-refractivity contribution >= 4 is 16.0 Å². The van der Waals surface area contributed by atoms with Crippen molar-refractivity contribution in [3.63, 3.8) is 0 Å². The second kappa shape index (κ2) is 5.39. The number of ether oxygens (including phenoxy) is 1. The van der Waals surface area contributed by atoms with Crippen molar-refractivity contribution < 1.29 is 28.2 Å². The molecular weight excluding hydrogens is 286 g/mol. The van der Waals surface area contributed by atoms with Gasteiger partial charge in [-0.25, -0.2) is 17.9 Å². The van der Waals surface area contributed by atoms with Crippen LogP contribution in [0.25, 0.3) is 0 Å². The molecule has 0 saturated heterocycles. The maximum atomic E-state index is 12.1. The lowest BCUT2D eigenvalue weighted by Crippen LogP contribution is -2.47. The predicted molar refractivity (Wildman–Crippen MR) is 69.2 cm³/mol. The second-order valence-electron chi connectivity index (χ2n) is 4.63. The molecule has 0 aliphatic heterocycles. The summed E-state index contributed by atoms with van der Waals surface area (Å²) in [5.41, 5.74) is -0.448. The molecule has 3 N–H and O–H groups in total. The van der Waals surface area contributed by atoms with Crippen LogP contribution in [0.15, 0.2) is 23.1 Å². The number of nitrogens with one attached hydrogen (secondary N) is 1. The average Bonchev–Trinajstić information content (AvgIpc) is 2.33. The van der Waals surface area contributed by atoms with Crippen LogP contribution in [0.4, 0.5) is 0 Å². The number of sulfonamides is 1. The number of hydrogen-bond donors (Lipinski definition) is 3. The number of rotatable bonds is 5. The first-order chi connectivity index (χ1) is 9.33. The summed E-state index contributed by atoms with van der Waals surface area (Å²) in [4.78, 5) is 10.7. The van der Waals surface area contributed by atoms with Crippen molar-refractivity contribution in [3.8, 4) is 5.75 Å². The average molecular weight is 301 g/mol. The van der Waals surface area contributed by atoms with Crippen LogP contribution in [0.3, 0.4) is 0 Å². The smallest absolute Gasteiger partial charge is 0.339 e. The molecule has 0 heterocycles. The zero-order valence-electron chi connectivity index (χ0n) is 10.7. The monoisotopic (exact) mass is 301 g/mol. The standard InChI is InChI=1S/C12H15NO6S/c1-19-8-4-7(5-8)13-20(17,18)9-2-3-11(14)10(6-9)12(15)16/h2-3,6-8,13-14H,4-5H2,1H3,(H,15,16). The highest BCUT2D eigenvalue weighted by molar-refractivity contribution is 7.89. The first-order valence-electron chi connectivity index (χ1n) is 5.95. The van der Waals surface area contributed by atoms with Crippen molar-refractivity contribution in [2.75, 3.05) is 7.11 Å². The molecule has 1 aromatic rings. The highest BCUT2D eigenvalue weighted by Gasteiger charge is 2.33. The molecule has 1 fully saturated rings. The lowest BCUT2D eigenvalue weighted by Gasteiger charge is -2.34. The van der Waals surface area contributed by atoms with E-state index in [-0.39, 0.29) is 17.0 Å². The molecule has 1 saturated carbocycles. The van der Waals surface area contributed by atoms with Crippen molar-refractivity contribution in [3.05, 3.63) is 23.8 Å². The number of phenols is 1. The quantitative estimate of drug-likeness (QED) is 0.732. The number of carbonyl (C=O) groups is 1. The lowest BCUT2D eigenvalue weighted by molar-refractivity contribution is 0.0236. The maximum Gasteiger partial charge on any atom is 0.339 e. The van der Waals surface area contributed by atoms with E-state index in [0.29, 0.717) is 12.8 Å². The number of aromatic carboxylic acids is 1. The predicted octanol–water partition coefficient (Wildman–Crippen LogP) is 0.546. The molecule has 7 nitrogen and oxygen atoms in total. The minimum absolute atomic E-state index is 0.0529. The van der Waals surface area contributed by atoms with Gasteiger partial charge in [-0.05, 0) is 31.0 Å². The van der Waals surface area contributed by atoms with Crippen LogP contribution >= 0.6 is 0 Å². The van der Waals surface area contributed by atoms with Crippen molar-refractivity contribution in [2.24, 2.45) is 0 Å². The van der Waals surface area contributed by atoms with Gasteiger partial charge in [0, 0.05) is 13.2 Å². The molecule has 0 amide bonds. The lowest BCUT2D eigenvalue weighted by atomic mass is 9.90. The largest absolute Gasteiger partial charge is 0.507 e. The van der Waals surface area contributed by atoms with Gasteiger partial charge in [-0.3, -0.25) is 0 Å². The van der Waals surface area contributed by atoms with Gasteiger partial charge in [0.1, 0.15) is 11.3 Å². The van der Waals surface area contributed by atoms with Crippen LogP contribution in [0, 0.1) is 0 Å². The van der Waals surface area contributed by atoms with Crippen molar-refractivity contribution in [2.45, 2.75) is 29.9 Å². The molecule has 110 valence electrons. The third-order valence-electron chi connectivity index (χ3n) is 3.26. The fourth-order valence-electron chi connectivity index (χ4n) is 2.00. The van der Waals surface area contributed by atoms with Crippen LogP contribution in [-0.2, 0) is 14.8 Å². The second-order valence-corrected chi connectivity index (χ2v) is 6.35. The van der Waals surface area contributed by atoms with Gasteiger partial charge in [-0.1, -0.05) is 0 Å². The van der Waals surface area contributed by atoms with E-state index in [9.17, 15) is 18.3 Å². The Hall–Kier alpha value is -1.64. The highest BCUT2D eigenvalue weighted by Crippen LogP contribution is 2.26. The summed E-state index contributed by atoms with van der Waals surface area (Å²) in [6, 6.07) is 2.94. The van der Waals surface area contributed by atoms with Crippen molar-refractivity contribution in [1.29, 1.82) is 0 Å². The molecule has 0 atom stereocenters. The van der Waals surface area contributed by atoms with Crippen LogP contribution in [0.5, 0.6) is 5.75 Å². The molecule has 20 heavy (non-hydrogen) atoms. The summed E-state index contributed by atoms with van der Waals surface area (Å²) < 4.78 is 31.7. The van der Waals surface area contributed by atoms with Gasteiger partial charge in [-0.2, -0.15) is 0 Å². The van der Waals surface area contributed by atoms with E-state index in [2.05, 4.69) is 4.72 Å². The molecule has 8 heteroatoms. The van der Waals surface area contributed by atoms with E-state index < -0.39 is 27.3 Å². The molecule has 0 aromatic heterocycles. The molecule has 0 unspecified atom stereocenters. The van der Waals surface area contributed by atoms with Crippen LogP contribution in [-0.4, -0.2) is 43.9 Å². The van der Waals surface area contributed by atoms with Crippen molar-refractivity contribution in [1.82, 2.24) is 4.72 Å². The third-order valence-corrected chi connectivity index (χ3v) is 4.78. The molecular formula is C12H15NO6S. The van der Waals surface area contributed by atoms with Gasteiger partial charge in [0.25, 0.3) is 0 Å². The molecule has 1 aromatic carbocycles.